The summed E-state index contributed by atoms with van der Waals surface area (Å²) in [7, 11) is 0. The normalized spacial score (nSPS) is 27.0. The SMILES string of the molecule is O=C(NC[C@H]1[C@H]2C[C@H](CN(Cc3ncc[nH]3)C2)c2cccc(=O)n21)C1CCCC1. The maximum atomic E-state index is 12.8. The van der Waals surface area contributed by atoms with E-state index in [9.17, 15) is 9.59 Å². The molecular formula is C22H29N5O2. The van der Waals surface area contributed by atoms with E-state index in [-0.39, 0.29) is 23.4 Å². The Kier molecular flexibility index (Phi) is 4.99. The summed E-state index contributed by atoms with van der Waals surface area (Å²) in [5.74, 6) is 1.99. The summed E-state index contributed by atoms with van der Waals surface area (Å²) in [5.41, 5.74) is 1.16. The molecule has 2 fully saturated rings. The summed E-state index contributed by atoms with van der Waals surface area (Å²) >= 11 is 0. The van der Waals surface area contributed by atoms with Gasteiger partial charge in [-0.1, -0.05) is 18.9 Å². The number of H-pyrrole nitrogens is 1. The highest BCUT2D eigenvalue weighted by atomic mass is 16.2. The van der Waals surface area contributed by atoms with Crippen molar-refractivity contribution in [3.8, 4) is 0 Å². The predicted octanol–water partition coefficient (Wildman–Crippen LogP) is 2.04. The van der Waals surface area contributed by atoms with E-state index in [1.165, 1.54) is 0 Å². The van der Waals surface area contributed by atoms with E-state index >= 15 is 0 Å². The first-order valence-corrected chi connectivity index (χ1v) is 10.9. The molecular weight excluding hydrogens is 366 g/mol. The lowest BCUT2D eigenvalue weighted by molar-refractivity contribution is -0.125. The monoisotopic (exact) mass is 395 g/mol. The van der Waals surface area contributed by atoms with Gasteiger partial charge in [0.15, 0.2) is 0 Å². The summed E-state index contributed by atoms with van der Waals surface area (Å²) in [6, 6.07) is 5.62. The van der Waals surface area contributed by atoms with Crippen molar-refractivity contribution in [2.45, 2.75) is 50.6 Å². The zero-order valence-electron chi connectivity index (χ0n) is 16.7. The molecule has 0 spiro atoms. The van der Waals surface area contributed by atoms with Crippen molar-refractivity contribution in [3.63, 3.8) is 0 Å². The fourth-order valence-corrected chi connectivity index (χ4v) is 5.66. The number of pyridine rings is 1. The molecule has 7 heteroatoms. The van der Waals surface area contributed by atoms with E-state index in [4.69, 9.17) is 0 Å². The van der Waals surface area contributed by atoms with Crippen LogP contribution in [0.4, 0.5) is 0 Å². The minimum absolute atomic E-state index is 0.0136. The van der Waals surface area contributed by atoms with E-state index in [0.29, 0.717) is 18.4 Å². The molecule has 2 aromatic rings. The Balaban J connectivity index is 1.38. The minimum Gasteiger partial charge on any atom is -0.354 e. The maximum Gasteiger partial charge on any atom is 0.251 e. The standard InChI is InChI=1S/C22H29N5O2/c28-21-7-3-6-18-16-10-17(13-26(12-16)14-20-23-8-9-24-20)19(27(18)21)11-25-22(29)15-4-1-2-5-15/h3,6-9,15-17,19H,1-2,4-5,10-14H2,(H,23,24)(H,25,29)/t16-,17+,19+/m1/s1. The van der Waals surface area contributed by atoms with Gasteiger partial charge in [0.1, 0.15) is 5.82 Å². The van der Waals surface area contributed by atoms with E-state index in [2.05, 4.69) is 26.3 Å². The fraction of sp³-hybridized carbons (Fsp3) is 0.591. The van der Waals surface area contributed by atoms with E-state index in [0.717, 1.165) is 63.3 Å². The van der Waals surface area contributed by atoms with Gasteiger partial charge < -0.3 is 14.9 Å². The van der Waals surface area contributed by atoms with E-state index in [1.807, 2.05) is 16.8 Å². The first kappa shape index (κ1) is 18.6. The molecule has 0 aromatic carbocycles. The zero-order chi connectivity index (χ0) is 19.8. The Morgan fingerprint density at radius 3 is 2.90 bits per heavy atom. The molecule has 3 atom stereocenters. The van der Waals surface area contributed by atoms with Crippen LogP contribution in [0.5, 0.6) is 0 Å². The summed E-state index contributed by atoms with van der Waals surface area (Å²) < 4.78 is 1.97. The van der Waals surface area contributed by atoms with Gasteiger partial charge in [-0.15, -0.1) is 0 Å². The van der Waals surface area contributed by atoms with Gasteiger partial charge in [0, 0.05) is 55.6 Å². The number of amides is 1. The number of hydrogen-bond acceptors (Lipinski definition) is 4. The number of fused-ring (bicyclic) bond motifs is 4. The second-order valence-electron chi connectivity index (χ2n) is 8.88. The molecule has 4 heterocycles. The Morgan fingerprint density at radius 2 is 2.10 bits per heavy atom. The van der Waals surface area contributed by atoms with Crippen LogP contribution in [-0.4, -0.2) is 45.0 Å². The van der Waals surface area contributed by atoms with Crippen LogP contribution in [0.2, 0.25) is 0 Å². The molecule has 1 amide bonds. The first-order valence-electron chi connectivity index (χ1n) is 10.9. The van der Waals surface area contributed by atoms with Gasteiger partial charge in [-0.3, -0.25) is 14.5 Å². The second kappa shape index (κ2) is 7.78. The Hall–Kier alpha value is -2.41. The molecule has 1 saturated heterocycles. The van der Waals surface area contributed by atoms with Crippen LogP contribution in [0.1, 0.15) is 55.6 Å². The highest BCUT2D eigenvalue weighted by molar-refractivity contribution is 5.78. The number of rotatable bonds is 5. The largest absolute Gasteiger partial charge is 0.354 e. The molecule has 2 aromatic heterocycles. The molecule has 5 rings (SSSR count). The average molecular weight is 396 g/mol. The van der Waals surface area contributed by atoms with Crippen molar-refractivity contribution in [2.24, 2.45) is 11.8 Å². The second-order valence-corrected chi connectivity index (χ2v) is 8.88. The number of nitrogens with one attached hydrogen (secondary N) is 2. The topological polar surface area (TPSA) is 83.0 Å². The summed E-state index contributed by atoms with van der Waals surface area (Å²) in [5, 5.41) is 3.19. The average Bonchev–Trinajstić information content (AvgIpc) is 3.42. The molecule has 154 valence electrons. The number of imidazole rings is 1. The van der Waals surface area contributed by atoms with Crippen LogP contribution in [0.3, 0.4) is 0 Å². The third-order valence-electron chi connectivity index (χ3n) is 7.01. The maximum absolute atomic E-state index is 12.8. The molecule has 7 nitrogen and oxygen atoms in total. The van der Waals surface area contributed by atoms with Crippen molar-refractivity contribution >= 4 is 5.91 Å². The summed E-state index contributed by atoms with van der Waals surface area (Å²) in [6.45, 7) is 3.18. The lowest BCUT2D eigenvalue weighted by atomic mass is 9.78. The van der Waals surface area contributed by atoms with Crippen LogP contribution in [0.25, 0.3) is 0 Å². The number of hydrogen-bond donors (Lipinski definition) is 2. The fourth-order valence-electron chi connectivity index (χ4n) is 5.66. The molecule has 0 unspecified atom stereocenters. The van der Waals surface area contributed by atoms with E-state index in [1.54, 1.807) is 12.3 Å². The van der Waals surface area contributed by atoms with Crippen LogP contribution in [-0.2, 0) is 11.3 Å². The number of aromatic nitrogens is 3. The Labute approximate surface area is 170 Å². The number of carbonyl (C=O) groups excluding carboxylic acids is 1. The molecule has 2 aliphatic heterocycles. The number of carbonyl (C=O) groups is 1. The third kappa shape index (κ3) is 3.64. The Morgan fingerprint density at radius 1 is 1.24 bits per heavy atom. The van der Waals surface area contributed by atoms with E-state index < -0.39 is 0 Å². The summed E-state index contributed by atoms with van der Waals surface area (Å²) in [4.78, 5) is 35.4. The van der Waals surface area contributed by atoms with Crippen molar-refractivity contribution < 1.29 is 4.79 Å². The highest BCUT2D eigenvalue weighted by Crippen LogP contribution is 2.41. The molecule has 29 heavy (non-hydrogen) atoms. The van der Waals surface area contributed by atoms with Gasteiger partial charge >= 0.3 is 0 Å². The first-order chi connectivity index (χ1) is 14.2. The van der Waals surface area contributed by atoms with Gasteiger partial charge in [-0.25, -0.2) is 4.98 Å². The van der Waals surface area contributed by atoms with Crippen molar-refractivity contribution in [2.75, 3.05) is 19.6 Å². The minimum atomic E-state index is 0.0136. The number of likely N-dealkylation sites (tertiary alicyclic amines) is 1. The van der Waals surface area contributed by atoms with Crippen LogP contribution < -0.4 is 10.9 Å². The Bertz CT molecular complexity index is 916. The van der Waals surface area contributed by atoms with Crippen LogP contribution in [0.15, 0.2) is 35.4 Å². The molecule has 2 N–H and O–H groups in total. The zero-order valence-corrected chi connectivity index (χ0v) is 16.7. The lowest BCUT2D eigenvalue weighted by Gasteiger charge is -2.47. The molecule has 1 saturated carbocycles. The number of nitrogens with zero attached hydrogens (tertiary/aromatic N) is 3. The number of aromatic amines is 1. The predicted molar refractivity (Wildman–Crippen MR) is 109 cm³/mol. The van der Waals surface area contributed by atoms with Crippen LogP contribution in [0, 0.1) is 11.8 Å². The molecule has 3 aliphatic rings. The number of piperidine rings is 1. The van der Waals surface area contributed by atoms with Gasteiger partial charge in [-0.2, -0.15) is 0 Å². The summed E-state index contributed by atoms with van der Waals surface area (Å²) in [6.07, 6.45) is 9.01. The van der Waals surface area contributed by atoms with Crippen molar-refractivity contribution in [3.05, 3.63) is 52.5 Å². The van der Waals surface area contributed by atoms with Crippen LogP contribution >= 0.6 is 0 Å². The highest BCUT2D eigenvalue weighted by Gasteiger charge is 2.40. The van der Waals surface area contributed by atoms with Crippen molar-refractivity contribution in [1.29, 1.82) is 0 Å². The van der Waals surface area contributed by atoms with Gasteiger partial charge in [0.25, 0.3) is 5.56 Å². The molecule has 1 aliphatic carbocycles. The molecule has 2 bridgehead atoms. The lowest BCUT2D eigenvalue weighted by Crippen LogP contribution is -2.52. The smallest absolute Gasteiger partial charge is 0.251 e. The third-order valence-corrected chi connectivity index (χ3v) is 7.01. The van der Waals surface area contributed by atoms with Crippen molar-refractivity contribution in [1.82, 2.24) is 24.8 Å². The van der Waals surface area contributed by atoms with Gasteiger partial charge in [0.2, 0.25) is 5.91 Å². The van der Waals surface area contributed by atoms with Gasteiger partial charge in [-0.05, 0) is 31.2 Å². The quantitative estimate of drug-likeness (QED) is 0.812. The molecule has 0 radical (unpaired) electrons. The van der Waals surface area contributed by atoms with Gasteiger partial charge in [0.05, 0.1) is 12.6 Å².